The van der Waals surface area contributed by atoms with E-state index in [9.17, 15) is 7.85 Å². The van der Waals surface area contributed by atoms with Gasteiger partial charge in [0.2, 0.25) is 0 Å². The fourth-order valence-electron chi connectivity index (χ4n) is 8.61. The monoisotopic (exact) mass is 1110 g/mol. The van der Waals surface area contributed by atoms with Crippen molar-refractivity contribution in [3.05, 3.63) is 167 Å². The Morgan fingerprint density at radius 3 is 1.83 bits per heavy atom. The van der Waals surface area contributed by atoms with E-state index in [4.69, 9.17) is 25.0 Å². The second-order valence-corrected chi connectivity index (χ2v) is 21.9. The SMILES string of the molecule is [2H]c1c([2H])c(C(C([2H])([2H])[2H])(C([2H])([2H])[2H])C([2H])([2H])[2H])c([2H])c([2H])c1-c1ccnc(-c2[c-]c(-c3cccc4c3nc(-c3cc(C(C)C)cc(C(C)C)c3O)n4-c3cc(C(C)(C)C)ccc3-c3ccc(C(C)(C)C)cc3)cc(C(C)(C)C)c2)c1.[Pt]. The number of benzene rings is 6. The molecule has 0 saturated carbocycles. The fourth-order valence-corrected chi connectivity index (χ4v) is 8.61. The van der Waals surface area contributed by atoms with E-state index in [1.807, 2.05) is 30.3 Å². The maximum absolute atomic E-state index is 12.5. The van der Waals surface area contributed by atoms with Crippen LogP contribution in [0.1, 0.15) is 174 Å². The second kappa shape index (κ2) is 19.0. The summed E-state index contributed by atoms with van der Waals surface area (Å²) in [5.41, 5.74) is 6.13. The molecule has 0 aliphatic rings. The Hall–Kier alpha value is -5.57. The van der Waals surface area contributed by atoms with Crippen molar-refractivity contribution in [3.63, 3.8) is 0 Å². The Labute approximate surface area is 446 Å². The van der Waals surface area contributed by atoms with Gasteiger partial charge in [-0.1, -0.05) is 207 Å². The summed E-state index contributed by atoms with van der Waals surface area (Å²) in [4.78, 5) is 10.3. The van der Waals surface area contributed by atoms with E-state index >= 15 is 0 Å². The summed E-state index contributed by atoms with van der Waals surface area (Å²) >= 11 is 0. The number of fused-ring (bicyclic) bond motifs is 1. The number of pyridine rings is 1. The quantitative estimate of drug-likeness (QED) is 0.154. The Morgan fingerprint density at radius 1 is 0.580 bits per heavy atom. The average molecular weight is 1110 g/mol. The molecule has 360 valence electrons. The largest absolute Gasteiger partial charge is 0.507 e. The van der Waals surface area contributed by atoms with Crippen molar-refractivity contribution in [2.24, 2.45) is 0 Å². The van der Waals surface area contributed by atoms with Crippen LogP contribution >= 0.6 is 0 Å². The molecule has 0 atom stereocenters. The number of imidazole rings is 1. The van der Waals surface area contributed by atoms with E-state index in [-0.39, 0.29) is 60.6 Å². The summed E-state index contributed by atoms with van der Waals surface area (Å²) in [5.74, 6) is 0.805. The maximum Gasteiger partial charge on any atom is 0.148 e. The molecule has 0 bridgehead atoms. The van der Waals surface area contributed by atoms with Crippen molar-refractivity contribution < 1.29 is 44.0 Å². The summed E-state index contributed by atoms with van der Waals surface area (Å²) in [6.45, 7) is 16.3. The first-order chi connectivity index (χ1) is 37.2. The van der Waals surface area contributed by atoms with Gasteiger partial charge in [0.25, 0.3) is 0 Å². The molecule has 8 aromatic rings. The molecule has 5 heteroatoms. The first-order valence-electron chi connectivity index (χ1n) is 30.0. The van der Waals surface area contributed by atoms with Gasteiger partial charge in [-0.2, -0.15) is 0 Å². The van der Waals surface area contributed by atoms with Crippen LogP contribution in [-0.4, -0.2) is 19.6 Å². The molecule has 4 nitrogen and oxygen atoms in total. The molecule has 8 rings (SSSR count). The molecule has 69 heavy (non-hydrogen) atoms. The number of hydrogen-bond acceptors (Lipinski definition) is 3. The third-order valence-corrected chi connectivity index (χ3v) is 12.9. The van der Waals surface area contributed by atoms with Crippen LogP contribution in [-0.2, 0) is 42.7 Å². The molecule has 2 heterocycles. The standard InChI is InChI=1S/C64H72N3O.Pt/c1-39(2)44-35-53(40(3)4)59(68)54(36-44)60-66-58-52(18-17-19-56(58)67(60)57-38-49(63(11,12)13)28-29-51(57)42-22-26-48(27-23-42)62(8,9)10)45-32-46(34-50(33-45)64(14,15)16)55-37-43(30-31-65-55)41-20-24-47(25-21-41)61(5,6)7;/h17-31,33-40,68H,1-16H3;/q-1;/i5D3,6D3,7D3,20D,21D,24D,25D;. The molecular weight excluding hydrogens is 1020 g/mol. The number of nitrogens with zero attached hydrogens (tertiary/aromatic N) is 3. The van der Waals surface area contributed by atoms with Crippen LogP contribution < -0.4 is 0 Å². The molecule has 0 aliphatic heterocycles. The number of phenolic OH excluding ortho intramolecular Hbond substituents is 1. The molecule has 6 aromatic carbocycles. The summed E-state index contributed by atoms with van der Waals surface area (Å²) in [7, 11) is 0. The third-order valence-electron chi connectivity index (χ3n) is 12.9. The van der Waals surface area contributed by atoms with Crippen LogP contribution in [0.5, 0.6) is 5.75 Å². The molecule has 0 spiro atoms. The van der Waals surface area contributed by atoms with E-state index < -0.39 is 61.1 Å². The minimum absolute atomic E-state index is 0. The van der Waals surface area contributed by atoms with Crippen molar-refractivity contribution in [3.8, 4) is 67.5 Å². The third kappa shape index (κ3) is 10.5. The Morgan fingerprint density at radius 2 is 1.22 bits per heavy atom. The first kappa shape index (κ1) is 36.4. The van der Waals surface area contributed by atoms with Crippen molar-refractivity contribution in [1.29, 1.82) is 0 Å². The number of aromatic hydroxyl groups is 1. The van der Waals surface area contributed by atoms with Crippen LogP contribution in [0, 0.1) is 6.07 Å². The normalized spacial score (nSPS) is 15.8. The zero-order valence-corrected chi connectivity index (χ0v) is 44.3. The fraction of sp³-hybridized carbons (Fsp3) is 0.344. The summed E-state index contributed by atoms with van der Waals surface area (Å²) in [6, 6.07) is 32.2. The molecule has 0 aliphatic carbocycles. The van der Waals surface area contributed by atoms with Gasteiger partial charge in [0, 0.05) is 50.9 Å². The first-order valence-corrected chi connectivity index (χ1v) is 23.5. The van der Waals surface area contributed by atoms with Gasteiger partial charge in [-0.25, -0.2) is 4.98 Å². The molecule has 0 unspecified atom stereocenters. The zero-order chi connectivity index (χ0) is 60.2. The Kier molecular flexibility index (Phi) is 10.0. The second-order valence-electron chi connectivity index (χ2n) is 21.9. The van der Waals surface area contributed by atoms with Crippen molar-refractivity contribution >= 4 is 11.0 Å². The Bertz CT molecular complexity index is 3670. The number of aromatic nitrogens is 3. The summed E-state index contributed by atoms with van der Waals surface area (Å²) in [5, 5.41) is 12.5. The minimum atomic E-state index is -3.81. The summed E-state index contributed by atoms with van der Waals surface area (Å²) in [6.07, 6.45) is 1.43. The van der Waals surface area contributed by atoms with Gasteiger partial charge >= 0.3 is 0 Å². The van der Waals surface area contributed by atoms with Crippen LogP contribution in [0.15, 0.2) is 127 Å². The van der Waals surface area contributed by atoms with Crippen LogP contribution in [0.3, 0.4) is 0 Å². The number of rotatable bonds is 8. The van der Waals surface area contributed by atoms with E-state index in [1.165, 1.54) is 17.8 Å². The van der Waals surface area contributed by atoms with E-state index in [0.717, 1.165) is 50.1 Å². The van der Waals surface area contributed by atoms with E-state index in [1.54, 1.807) is 6.07 Å². The average Bonchev–Trinajstić information content (AvgIpc) is 3.43. The van der Waals surface area contributed by atoms with Gasteiger partial charge in [0.15, 0.2) is 0 Å². The van der Waals surface area contributed by atoms with Gasteiger partial charge < -0.3 is 5.11 Å². The predicted molar refractivity (Wildman–Crippen MR) is 290 cm³/mol. The van der Waals surface area contributed by atoms with E-state index in [0.29, 0.717) is 33.7 Å². The van der Waals surface area contributed by atoms with Gasteiger partial charge in [-0.15, -0.1) is 29.3 Å². The molecule has 0 saturated heterocycles. The van der Waals surface area contributed by atoms with Crippen molar-refractivity contribution in [2.75, 3.05) is 0 Å². The zero-order valence-electron chi connectivity index (χ0n) is 55.1. The predicted octanol–water partition coefficient (Wildman–Crippen LogP) is 17.7. The molecule has 1 N–H and O–H groups in total. The van der Waals surface area contributed by atoms with Crippen LogP contribution in [0.4, 0.5) is 0 Å². The molecule has 0 fully saturated rings. The number of para-hydroxylation sites is 1. The number of hydrogen-bond donors (Lipinski definition) is 1. The van der Waals surface area contributed by atoms with Gasteiger partial charge in [0.05, 0.1) is 27.8 Å². The summed E-state index contributed by atoms with van der Waals surface area (Å²) < 4.78 is 113. The Balaban J connectivity index is 0.00000968. The maximum atomic E-state index is 12.5. The number of phenols is 1. The topological polar surface area (TPSA) is 50.9 Å². The van der Waals surface area contributed by atoms with Crippen molar-refractivity contribution in [1.82, 2.24) is 14.5 Å². The molecule has 0 amide bonds. The van der Waals surface area contributed by atoms with E-state index in [2.05, 4.69) is 155 Å². The smallest absolute Gasteiger partial charge is 0.148 e. The molecular formula is C64H72N3OPt-. The van der Waals surface area contributed by atoms with Crippen LogP contribution in [0.2, 0.25) is 0 Å². The van der Waals surface area contributed by atoms with Gasteiger partial charge in [0.1, 0.15) is 11.6 Å². The minimum Gasteiger partial charge on any atom is -0.507 e. The van der Waals surface area contributed by atoms with Crippen LogP contribution in [0.25, 0.3) is 72.7 Å². The van der Waals surface area contributed by atoms with Gasteiger partial charge in [-0.05, 0) is 102 Å². The molecule has 0 radical (unpaired) electrons. The molecule has 2 aromatic heterocycles. The van der Waals surface area contributed by atoms with Crippen molar-refractivity contribution in [2.45, 2.75) is 144 Å². The van der Waals surface area contributed by atoms with Gasteiger partial charge in [-0.3, -0.25) is 9.55 Å².